The van der Waals surface area contributed by atoms with Gasteiger partial charge in [0.15, 0.2) is 5.43 Å². The van der Waals surface area contributed by atoms with Crippen LogP contribution in [-0.2, 0) is 6.54 Å². The Morgan fingerprint density at radius 2 is 1.55 bits per heavy atom. The molecule has 5 heteroatoms. The second kappa shape index (κ2) is 6.71. The monoisotopic (exact) mass is 385 g/mol. The number of fused-ring (bicyclic) bond motifs is 2. The number of amides is 1. The van der Waals surface area contributed by atoms with E-state index in [2.05, 4.69) is 0 Å². The minimum atomic E-state index is -0.847. The van der Waals surface area contributed by atoms with Crippen molar-refractivity contribution in [1.29, 1.82) is 0 Å². The maximum absolute atomic E-state index is 14.7. The fraction of sp³-hybridized carbons (Fsp3) is 0.0833. The molecule has 3 aromatic carbocycles. The zero-order chi connectivity index (χ0) is 20.0. The van der Waals surface area contributed by atoms with Gasteiger partial charge in [0.1, 0.15) is 11.4 Å². The lowest BCUT2D eigenvalue weighted by molar-refractivity contribution is 0.0712. The molecule has 29 heavy (non-hydrogen) atoms. The lowest BCUT2D eigenvalue weighted by atomic mass is 9.98. The standard InChI is InChI=1S/C24H16FNO3/c25-18-12-6-4-10-16(18)21-20-22(27)17-11-5-7-13-19(17)29-23(20)24(28)26(21)14-15-8-2-1-3-9-15/h1-13,21H,14H2/t21-/m0/s1. The molecule has 0 aliphatic carbocycles. The van der Waals surface area contributed by atoms with Crippen molar-refractivity contribution in [3.05, 3.63) is 117 Å². The molecule has 0 saturated heterocycles. The van der Waals surface area contributed by atoms with E-state index in [0.717, 1.165) is 5.56 Å². The molecule has 4 aromatic rings. The van der Waals surface area contributed by atoms with E-state index in [-0.39, 0.29) is 28.9 Å². The van der Waals surface area contributed by atoms with Crippen LogP contribution in [0.2, 0.25) is 0 Å². The van der Waals surface area contributed by atoms with E-state index in [9.17, 15) is 14.0 Å². The first-order chi connectivity index (χ1) is 14.1. The summed E-state index contributed by atoms with van der Waals surface area (Å²) in [6, 6.07) is 21.6. The Hall–Kier alpha value is -3.73. The van der Waals surface area contributed by atoms with Gasteiger partial charge >= 0.3 is 0 Å². The van der Waals surface area contributed by atoms with Crippen molar-refractivity contribution in [1.82, 2.24) is 4.90 Å². The molecule has 0 spiro atoms. The zero-order valence-electron chi connectivity index (χ0n) is 15.3. The number of para-hydroxylation sites is 1. The first-order valence-corrected chi connectivity index (χ1v) is 9.30. The van der Waals surface area contributed by atoms with Crippen molar-refractivity contribution in [2.24, 2.45) is 0 Å². The third kappa shape index (κ3) is 2.74. The highest BCUT2D eigenvalue weighted by molar-refractivity contribution is 5.99. The van der Waals surface area contributed by atoms with Gasteiger partial charge in [-0.15, -0.1) is 0 Å². The van der Waals surface area contributed by atoms with Gasteiger partial charge in [-0.05, 0) is 23.8 Å². The van der Waals surface area contributed by atoms with Gasteiger partial charge in [0.05, 0.1) is 17.0 Å². The summed E-state index contributed by atoms with van der Waals surface area (Å²) in [4.78, 5) is 28.1. The van der Waals surface area contributed by atoms with Crippen LogP contribution in [0.25, 0.3) is 11.0 Å². The van der Waals surface area contributed by atoms with Crippen LogP contribution in [0.5, 0.6) is 0 Å². The van der Waals surface area contributed by atoms with Crippen LogP contribution < -0.4 is 5.43 Å². The van der Waals surface area contributed by atoms with Crippen molar-refractivity contribution in [3.63, 3.8) is 0 Å². The number of carbonyl (C=O) groups excluding carboxylic acids is 1. The van der Waals surface area contributed by atoms with Crippen LogP contribution >= 0.6 is 0 Å². The quantitative estimate of drug-likeness (QED) is 0.515. The van der Waals surface area contributed by atoms with E-state index in [1.165, 1.54) is 11.0 Å². The Kier molecular flexibility index (Phi) is 4.02. The summed E-state index contributed by atoms with van der Waals surface area (Å²) in [5.41, 5.74) is 1.39. The zero-order valence-corrected chi connectivity index (χ0v) is 15.3. The fourth-order valence-corrected chi connectivity index (χ4v) is 3.93. The number of carbonyl (C=O) groups is 1. The summed E-state index contributed by atoms with van der Waals surface area (Å²) in [7, 11) is 0. The van der Waals surface area contributed by atoms with Crippen molar-refractivity contribution >= 4 is 16.9 Å². The SMILES string of the molecule is O=C1c2oc3ccccc3c(=O)c2[C@H](c2ccccc2F)N1Cc1ccccc1. The summed E-state index contributed by atoms with van der Waals surface area (Å²) in [5, 5.41) is 0.377. The van der Waals surface area contributed by atoms with Crippen molar-refractivity contribution in [3.8, 4) is 0 Å². The predicted octanol–water partition coefficient (Wildman–Crippen LogP) is 4.68. The normalized spacial score (nSPS) is 15.7. The van der Waals surface area contributed by atoms with Crippen molar-refractivity contribution in [2.45, 2.75) is 12.6 Å². The lowest BCUT2D eigenvalue weighted by Gasteiger charge is -2.25. The molecule has 0 N–H and O–H groups in total. The minimum Gasteiger partial charge on any atom is -0.450 e. The first kappa shape index (κ1) is 17.4. The molecule has 1 amide bonds. The van der Waals surface area contributed by atoms with E-state index in [1.807, 2.05) is 30.3 Å². The molecule has 1 aromatic heterocycles. The predicted molar refractivity (Wildman–Crippen MR) is 107 cm³/mol. The third-order valence-corrected chi connectivity index (χ3v) is 5.27. The van der Waals surface area contributed by atoms with E-state index >= 15 is 0 Å². The number of hydrogen-bond donors (Lipinski definition) is 0. The molecule has 4 nitrogen and oxygen atoms in total. The van der Waals surface area contributed by atoms with Gasteiger partial charge in [-0.25, -0.2) is 4.39 Å². The average Bonchev–Trinajstić information content (AvgIpc) is 3.01. The molecule has 0 saturated carbocycles. The van der Waals surface area contributed by atoms with E-state index in [4.69, 9.17) is 4.42 Å². The van der Waals surface area contributed by atoms with Crippen LogP contribution in [0.1, 0.15) is 33.3 Å². The van der Waals surface area contributed by atoms with Gasteiger partial charge in [0, 0.05) is 12.1 Å². The maximum Gasteiger partial charge on any atom is 0.291 e. The fourth-order valence-electron chi connectivity index (χ4n) is 3.93. The van der Waals surface area contributed by atoms with E-state index in [1.54, 1.807) is 42.5 Å². The van der Waals surface area contributed by atoms with Gasteiger partial charge in [0.2, 0.25) is 5.76 Å². The summed E-state index contributed by atoms with van der Waals surface area (Å²) >= 11 is 0. The molecule has 2 heterocycles. The molecule has 1 aliphatic rings. The van der Waals surface area contributed by atoms with Gasteiger partial charge in [-0.2, -0.15) is 0 Å². The Morgan fingerprint density at radius 3 is 2.34 bits per heavy atom. The molecule has 1 aliphatic heterocycles. The highest BCUT2D eigenvalue weighted by Crippen LogP contribution is 2.39. The Labute approximate surface area is 165 Å². The first-order valence-electron chi connectivity index (χ1n) is 9.30. The average molecular weight is 385 g/mol. The second-order valence-electron chi connectivity index (χ2n) is 7.01. The summed E-state index contributed by atoms with van der Waals surface area (Å²) in [6.07, 6.45) is 0. The Balaban J connectivity index is 1.76. The Morgan fingerprint density at radius 1 is 0.862 bits per heavy atom. The van der Waals surface area contributed by atoms with Crippen LogP contribution in [0.3, 0.4) is 0 Å². The van der Waals surface area contributed by atoms with Crippen LogP contribution in [-0.4, -0.2) is 10.8 Å². The molecule has 0 radical (unpaired) electrons. The lowest BCUT2D eigenvalue weighted by Crippen LogP contribution is -2.29. The molecule has 0 unspecified atom stereocenters. The van der Waals surface area contributed by atoms with Gasteiger partial charge in [0.25, 0.3) is 5.91 Å². The molecule has 0 fully saturated rings. The molecular formula is C24H16FNO3. The van der Waals surface area contributed by atoms with Gasteiger partial charge in [-0.3, -0.25) is 9.59 Å². The largest absolute Gasteiger partial charge is 0.450 e. The summed E-state index contributed by atoms with van der Waals surface area (Å²) < 4.78 is 20.6. The number of benzene rings is 3. The van der Waals surface area contributed by atoms with E-state index < -0.39 is 17.8 Å². The number of rotatable bonds is 3. The molecular weight excluding hydrogens is 369 g/mol. The smallest absolute Gasteiger partial charge is 0.291 e. The van der Waals surface area contributed by atoms with Crippen LogP contribution in [0.4, 0.5) is 4.39 Å². The third-order valence-electron chi connectivity index (χ3n) is 5.27. The Bertz CT molecular complexity index is 1300. The topological polar surface area (TPSA) is 50.5 Å². The molecule has 5 rings (SSSR count). The number of hydrogen-bond acceptors (Lipinski definition) is 3. The highest BCUT2D eigenvalue weighted by Gasteiger charge is 2.43. The maximum atomic E-state index is 14.7. The summed E-state index contributed by atoms with van der Waals surface area (Å²) in [5.74, 6) is -0.901. The number of halogens is 1. The van der Waals surface area contributed by atoms with Crippen LogP contribution in [0, 0.1) is 5.82 Å². The van der Waals surface area contributed by atoms with Gasteiger partial charge in [-0.1, -0.05) is 60.7 Å². The van der Waals surface area contributed by atoms with Crippen molar-refractivity contribution < 1.29 is 13.6 Å². The van der Waals surface area contributed by atoms with Gasteiger partial charge < -0.3 is 9.32 Å². The molecule has 142 valence electrons. The summed E-state index contributed by atoms with van der Waals surface area (Å²) in [6.45, 7) is 0.235. The highest BCUT2D eigenvalue weighted by atomic mass is 19.1. The molecule has 0 bridgehead atoms. The minimum absolute atomic E-state index is 0.0158. The number of nitrogens with zero attached hydrogens (tertiary/aromatic N) is 1. The van der Waals surface area contributed by atoms with Crippen LogP contribution in [0.15, 0.2) is 88.1 Å². The van der Waals surface area contributed by atoms with Crippen molar-refractivity contribution in [2.75, 3.05) is 0 Å². The second-order valence-corrected chi connectivity index (χ2v) is 7.01. The van der Waals surface area contributed by atoms with E-state index in [0.29, 0.717) is 11.0 Å². The molecule has 1 atom stereocenters.